The first-order valence-electron chi connectivity index (χ1n) is 7.66. The molecule has 1 aliphatic heterocycles. The third-order valence-electron chi connectivity index (χ3n) is 4.06. The zero-order chi connectivity index (χ0) is 15.5. The van der Waals surface area contributed by atoms with Crippen LogP contribution in [-0.2, 0) is 17.8 Å². The van der Waals surface area contributed by atoms with Gasteiger partial charge in [-0.3, -0.25) is 4.79 Å². The van der Waals surface area contributed by atoms with Gasteiger partial charge in [0.25, 0.3) is 0 Å². The molecule has 22 heavy (non-hydrogen) atoms. The Morgan fingerprint density at radius 1 is 1.32 bits per heavy atom. The predicted octanol–water partition coefficient (Wildman–Crippen LogP) is 3.72. The Labute approximate surface area is 135 Å². The van der Waals surface area contributed by atoms with Crippen LogP contribution >= 0.6 is 11.3 Å². The summed E-state index contributed by atoms with van der Waals surface area (Å²) in [4.78, 5) is 15.7. The van der Waals surface area contributed by atoms with Crippen LogP contribution in [0.1, 0.15) is 28.0 Å². The number of fused-ring (bicyclic) bond motifs is 1. The minimum Gasteiger partial charge on any atom is -0.493 e. The Balaban J connectivity index is 1.51. The summed E-state index contributed by atoms with van der Waals surface area (Å²) in [6.07, 6.45) is 1.42. The Hall–Kier alpha value is -1.81. The highest BCUT2D eigenvalue weighted by atomic mass is 32.1. The first kappa shape index (κ1) is 15.1. The van der Waals surface area contributed by atoms with Gasteiger partial charge in [-0.25, -0.2) is 0 Å². The van der Waals surface area contributed by atoms with Crippen LogP contribution < -0.4 is 4.74 Å². The summed E-state index contributed by atoms with van der Waals surface area (Å²) in [5, 5.41) is 2.11. The van der Waals surface area contributed by atoms with Gasteiger partial charge in [0.2, 0.25) is 5.91 Å². The molecule has 2 heterocycles. The van der Waals surface area contributed by atoms with Crippen LogP contribution in [0.4, 0.5) is 0 Å². The van der Waals surface area contributed by atoms with Crippen molar-refractivity contribution < 1.29 is 9.53 Å². The lowest BCUT2D eigenvalue weighted by molar-refractivity contribution is -0.132. The number of thiophene rings is 1. The molecule has 0 spiro atoms. The highest BCUT2D eigenvalue weighted by Gasteiger charge is 2.21. The number of hydrogen-bond acceptors (Lipinski definition) is 3. The predicted molar refractivity (Wildman–Crippen MR) is 89.5 cm³/mol. The van der Waals surface area contributed by atoms with E-state index in [2.05, 4.69) is 24.4 Å². The second-order valence-electron chi connectivity index (χ2n) is 5.80. The molecule has 3 nitrogen and oxygen atoms in total. The van der Waals surface area contributed by atoms with Gasteiger partial charge in [-0.2, -0.15) is 0 Å². The standard InChI is InChI=1S/C18H21NO2S/c1-13-3-4-16(14(2)11-13)21-9-6-18(20)19-8-5-17-15(12-19)7-10-22-17/h3-4,7,10-11H,5-6,8-9,12H2,1-2H3. The van der Waals surface area contributed by atoms with Gasteiger partial charge < -0.3 is 9.64 Å². The Kier molecular flexibility index (Phi) is 4.48. The van der Waals surface area contributed by atoms with Crippen LogP contribution in [0, 0.1) is 13.8 Å². The number of carbonyl (C=O) groups excluding carboxylic acids is 1. The lowest BCUT2D eigenvalue weighted by Crippen LogP contribution is -2.36. The van der Waals surface area contributed by atoms with Gasteiger partial charge in [0, 0.05) is 18.0 Å². The van der Waals surface area contributed by atoms with Gasteiger partial charge in [0.1, 0.15) is 5.75 Å². The van der Waals surface area contributed by atoms with Crippen molar-refractivity contribution in [2.24, 2.45) is 0 Å². The molecule has 1 amide bonds. The van der Waals surface area contributed by atoms with Crippen LogP contribution in [0.5, 0.6) is 5.75 Å². The van der Waals surface area contributed by atoms with Crippen molar-refractivity contribution in [3.05, 3.63) is 51.2 Å². The molecule has 0 saturated carbocycles. The molecule has 0 atom stereocenters. The Bertz CT molecular complexity index is 677. The molecule has 116 valence electrons. The molecular weight excluding hydrogens is 294 g/mol. The zero-order valence-corrected chi connectivity index (χ0v) is 13.9. The molecular formula is C18H21NO2S. The van der Waals surface area contributed by atoms with E-state index >= 15 is 0 Å². The van der Waals surface area contributed by atoms with Crippen molar-refractivity contribution in [3.8, 4) is 5.75 Å². The lowest BCUT2D eigenvalue weighted by Gasteiger charge is -2.27. The molecule has 0 bridgehead atoms. The topological polar surface area (TPSA) is 29.5 Å². The first-order chi connectivity index (χ1) is 10.6. The van der Waals surface area contributed by atoms with E-state index in [0.717, 1.165) is 30.8 Å². The molecule has 0 radical (unpaired) electrons. The van der Waals surface area contributed by atoms with Crippen LogP contribution in [0.3, 0.4) is 0 Å². The van der Waals surface area contributed by atoms with E-state index in [4.69, 9.17) is 4.74 Å². The number of carbonyl (C=O) groups is 1. The lowest BCUT2D eigenvalue weighted by atomic mass is 10.1. The van der Waals surface area contributed by atoms with Gasteiger partial charge in [-0.05, 0) is 48.9 Å². The number of amides is 1. The van der Waals surface area contributed by atoms with E-state index in [0.29, 0.717) is 13.0 Å². The normalized spacial score (nSPS) is 13.8. The Morgan fingerprint density at radius 3 is 3.00 bits per heavy atom. The van der Waals surface area contributed by atoms with Crippen LogP contribution in [0.2, 0.25) is 0 Å². The highest BCUT2D eigenvalue weighted by molar-refractivity contribution is 7.10. The molecule has 1 aliphatic rings. The molecule has 0 unspecified atom stereocenters. The minimum atomic E-state index is 0.182. The number of aryl methyl sites for hydroxylation is 2. The van der Waals surface area contributed by atoms with E-state index in [9.17, 15) is 4.79 Å². The van der Waals surface area contributed by atoms with Crippen molar-refractivity contribution in [3.63, 3.8) is 0 Å². The Morgan fingerprint density at radius 2 is 2.18 bits per heavy atom. The summed E-state index contributed by atoms with van der Waals surface area (Å²) in [7, 11) is 0. The number of benzene rings is 1. The van der Waals surface area contributed by atoms with E-state index in [1.54, 1.807) is 11.3 Å². The van der Waals surface area contributed by atoms with Crippen LogP contribution in [0.25, 0.3) is 0 Å². The third-order valence-corrected chi connectivity index (χ3v) is 5.09. The minimum absolute atomic E-state index is 0.182. The van der Waals surface area contributed by atoms with E-state index < -0.39 is 0 Å². The van der Waals surface area contributed by atoms with Gasteiger partial charge in [0.05, 0.1) is 13.0 Å². The fourth-order valence-corrected chi connectivity index (χ4v) is 3.72. The third kappa shape index (κ3) is 3.33. The maximum atomic E-state index is 12.3. The van der Waals surface area contributed by atoms with Gasteiger partial charge >= 0.3 is 0 Å². The summed E-state index contributed by atoms with van der Waals surface area (Å²) in [6, 6.07) is 8.24. The van der Waals surface area contributed by atoms with Crippen molar-refractivity contribution in [1.29, 1.82) is 0 Å². The number of nitrogens with zero attached hydrogens (tertiary/aromatic N) is 1. The molecule has 3 rings (SSSR count). The summed E-state index contributed by atoms with van der Waals surface area (Å²) in [5.74, 6) is 1.05. The largest absolute Gasteiger partial charge is 0.493 e. The monoisotopic (exact) mass is 315 g/mol. The second kappa shape index (κ2) is 6.53. The summed E-state index contributed by atoms with van der Waals surface area (Å²) < 4.78 is 5.76. The SMILES string of the molecule is Cc1ccc(OCCC(=O)N2CCc3sccc3C2)c(C)c1. The van der Waals surface area contributed by atoms with E-state index in [-0.39, 0.29) is 5.91 Å². The number of ether oxygens (including phenoxy) is 1. The van der Waals surface area contributed by atoms with Gasteiger partial charge in [-0.1, -0.05) is 17.7 Å². The van der Waals surface area contributed by atoms with Gasteiger partial charge in [0.15, 0.2) is 0 Å². The maximum Gasteiger partial charge on any atom is 0.226 e. The smallest absolute Gasteiger partial charge is 0.226 e. The average Bonchev–Trinajstić information content (AvgIpc) is 2.96. The molecule has 1 aromatic heterocycles. The summed E-state index contributed by atoms with van der Waals surface area (Å²) >= 11 is 1.79. The molecule has 0 fully saturated rings. The maximum absolute atomic E-state index is 12.3. The van der Waals surface area contributed by atoms with Crippen molar-refractivity contribution in [1.82, 2.24) is 4.90 Å². The molecule has 0 N–H and O–H groups in total. The van der Waals surface area contributed by atoms with Crippen LogP contribution in [-0.4, -0.2) is 24.0 Å². The quantitative estimate of drug-likeness (QED) is 0.860. The fraction of sp³-hybridized carbons (Fsp3) is 0.389. The average molecular weight is 315 g/mol. The van der Waals surface area contributed by atoms with E-state index in [1.807, 2.05) is 24.0 Å². The van der Waals surface area contributed by atoms with Crippen molar-refractivity contribution >= 4 is 17.2 Å². The number of rotatable bonds is 4. The molecule has 4 heteroatoms. The molecule has 0 saturated heterocycles. The van der Waals surface area contributed by atoms with E-state index in [1.165, 1.54) is 16.0 Å². The zero-order valence-electron chi connectivity index (χ0n) is 13.1. The molecule has 2 aromatic rings. The number of hydrogen-bond donors (Lipinski definition) is 0. The van der Waals surface area contributed by atoms with Crippen molar-refractivity contribution in [2.45, 2.75) is 33.2 Å². The van der Waals surface area contributed by atoms with Crippen LogP contribution in [0.15, 0.2) is 29.6 Å². The highest BCUT2D eigenvalue weighted by Crippen LogP contribution is 2.24. The molecule has 0 aliphatic carbocycles. The fourth-order valence-electron chi connectivity index (χ4n) is 2.83. The molecule has 1 aromatic carbocycles. The first-order valence-corrected chi connectivity index (χ1v) is 8.54. The van der Waals surface area contributed by atoms with Gasteiger partial charge in [-0.15, -0.1) is 11.3 Å². The summed E-state index contributed by atoms with van der Waals surface area (Å²) in [6.45, 7) is 6.12. The van der Waals surface area contributed by atoms with Crippen molar-refractivity contribution in [2.75, 3.05) is 13.2 Å². The summed E-state index contributed by atoms with van der Waals surface area (Å²) in [5.41, 5.74) is 3.65. The second-order valence-corrected chi connectivity index (χ2v) is 6.80.